The summed E-state index contributed by atoms with van der Waals surface area (Å²) in [5.74, 6) is 0. The molecule has 0 aromatic carbocycles. The van der Waals surface area contributed by atoms with Crippen molar-refractivity contribution in [2.24, 2.45) is 4.99 Å². The molecule has 0 unspecified atom stereocenters. The van der Waals surface area contributed by atoms with E-state index in [4.69, 9.17) is 9.84 Å². The molecule has 3 N–H and O–H groups in total. The molecule has 12 heavy (non-hydrogen) atoms. The van der Waals surface area contributed by atoms with Crippen molar-refractivity contribution in [3.05, 3.63) is 0 Å². The van der Waals surface area contributed by atoms with Crippen molar-refractivity contribution in [3.8, 4) is 0 Å². The predicted molar refractivity (Wildman–Crippen MR) is 42.8 cm³/mol. The predicted octanol–water partition coefficient (Wildman–Crippen LogP) is -1.47. The van der Waals surface area contributed by atoms with Gasteiger partial charge in [0.15, 0.2) is 6.23 Å². The number of aliphatic hydroxyl groups excluding tert-OH is 3. The fraction of sp³-hybridized carbons (Fsp3) is 0.833. The topological polar surface area (TPSA) is 82.3 Å². The molecule has 1 heterocycles. The van der Waals surface area contributed by atoms with E-state index in [1.165, 1.54) is 0 Å². The Morgan fingerprint density at radius 3 is 2.50 bits per heavy atom. The molecule has 0 aromatic heterocycles. The fourth-order valence-electron chi connectivity index (χ4n) is 1.04. The highest BCUT2D eigenvalue weighted by molar-refractivity contribution is 7.78. The molecule has 0 aromatic rings. The third-order valence-corrected chi connectivity index (χ3v) is 1.80. The SMILES string of the molecule is OC[C@H]1O[C@@H](N=C=S)[C@H](O)[C@@H]1O. The van der Waals surface area contributed by atoms with Crippen LogP contribution in [-0.4, -0.2) is 51.6 Å². The number of isothiocyanates is 1. The third-order valence-electron chi connectivity index (χ3n) is 1.70. The number of ether oxygens (including phenoxy) is 1. The molecule has 5 nitrogen and oxygen atoms in total. The average Bonchev–Trinajstić information content (AvgIpc) is 2.33. The van der Waals surface area contributed by atoms with Crippen LogP contribution in [0.5, 0.6) is 0 Å². The molecule has 0 spiro atoms. The minimum Gasteiger partial charge on any atom is -0.394 e. The minimum absolute atomic E-state index is 0.359. The largest absolute Gasteiger partial charge is 0.394 e. The summed E-state index contributed by atoms with van der Waals surface area (Å²) >= 11 is 4.30. The second kappa shape index (κ2) is 4.04. The maximum atomic E-state index is 9.22. The van der Waals surface area contributed by atoms with Gasteiger partial charge in [0.2, 0.25) is 0 Å². The minimum atomic E-state index is -1.14. The Bertz CT molecular complexity index is 206. The van der Waals surface area contributed by atoms with Crippen LogP contribution in [0.3, 0.4) is 0 Å². The van der Waals surface area contributed by atoms with Gasteiger partial charge in [-0.1, -0.05) is 0 Å². The van der Waals surface area contributed by atoms with Crippen molar-refractivity contribution in [1.82, 2.24) is 0 Å². The van der Waals surface area contributed by atoms with E-state index < -0.39 is 24.5 Å². The standard InChI is InChI=1S/C6H9NO4S/c8-1-3-4(9)5(10)6(11-3)7-2-12/h3-6,8-10H,1H2/t3-,4-,5-,6-/m1/s1. The lowest BCUT2D eigenvalue weighted by atomic mass is 10.1. The van der Waals surface area contributed by atoms with Crippen molar-refractivity contribution in [2.45, 2.75) is 24.5 Å². The van der Waals surface area contributed by atoms with Gasteiger partial charge in [0.25, 0.3) is 0 Å². The van der Waals surface area contributed by atoms with Crippen molar-refractivity contribution < 1.29 is 20.1 Å². The monoisotopic (exact) mass is 191 g/mol. The Balaban J connectivity index is 2.66. The van der Waals surface area contributed by atoms with Crippen molar-refractivity contribution >= 4 is 17.4 Å². The van der Waals surface area contributed by atoms with Gasteiger partial charge in [-0.25, -0.2) is 0 Å². The van der Waals surface area contributed by atoms with Crippen LogP contribution < -0.4 is 0 Å². The smallest absolute Gasteiger partial charge is 0.186 e. The molecule has 6 heteroatoms. The lowest BCUT2D eigenvalue weighted by Crippen LogP contribution is -2.33. The van der Waals surface area contributed by atoms with Crippen LogP contribution in [0.1, 0.15) is 0 Å². The van der Waals surface area contributed by atoms with Gasteiger partial charge < -0.3 is 20.1 Å². The van der Waals surface area contributed by atoms with E-state index in [0.29, 0.717) is 0 Å². The Labute approximate surface area is 74.3 Å². The van der Waals surface area contributed by atoms with E-state index in [1.807, 2.05) is 5.16 Å². The lowest BCUT2D eigenvalue weighted by molar-refractivity contribution is -0.0191. The molecule has 0 saturated carbocycles. The molecule has 1 rings (SSSR count). The van der Waals surface area contributed by atoms with Gasteiger partial charge in [0.05, 0.1) is 11.8 Å². The summed E-state index contributed by atoms with van der Waals surface area (Å²) in [5, 5.41) is 29.1. The molecule has 1 saturated heterocycles. The first-order valence-electron chi connectivity index (χ1n) is 3.40. The lowest BCUT2D eigenvalue weighted by Gasteiger charge is -2.09. The Hall–Kier alpha value is -0.360. The molecule has 68 valence electrons. The molecule has 0 amide bonds. The normalized spacial score (nSPS) is 40.9. The van der Waals surface area contributed by atoms with Crippen LogP contribution >= 0.6 is 12.2 Å². The highest BCUT2D eigenvalue weighted by Gasteiger charge is 2.42. The molecular weight excluding hydrogens is 182 g/mol. The zero-order valence-electron chi connectivity index (χ0n) is 6.12. The van der Waals surface area contributed by atoms with E-state index >= 15 is 0 Å². The van der Waals surface area contributed by atoms with E-state index in [-0.39, 0.29) is 6.61 Å². The summed E-state index contributed by atoms with van der Waals surface area (Å²) in [6.07, 6.45) is -3.96. The number of thiocarbonyl (C=S) groups is 1. The summed E-state index contributed by atoms with van der Waals surface area (Å²) in [4.78, 5) is 3.47. The maximum Gasteiger partial charge on any atom is 0.186 e. The Morgan fingerprint density at radius 1 is 1.42 bits per heavy atom. The van der Waals surface area contributed by atoms with E-state index in [1.54, 1.807) is 0 Å². The summed E-state index contributed by atoms with van der Waals surface area (Å²) in [6, 6.07) is 0. The summed E-state index contributed by atoms with van der Waals surface area (Å²) < 4.78 is 4.93. The van der Waals surface area contributed by atoms with Gasteiger partial charge in [-0.05, 0) is 12.2 Å². The first-order valence-corrected chi connectivity index (χ1v) is 3.81. The van der Waals surface area contributed by atoms with E-state index in [0.717, 1.165) is 0 Å². The highest BCUT2D eigenvalue weighted by atomic mass is 32.1. The Kier molecular flexibility index (Phi) is 3.28. The molecule has 1 fully saturated rings. The first kappa shape index (κ1) is 9.73. The van der Waals surface area contributed by atoms with Crippen LogP contribution in [0.4, 0.5) is 0 Å². The van der Waals surface area contributed by atoms with Gasteiger partial charge in [-0.3, -0.25) is 0 Å². The fourth-order valence-corrected chi connectivity index (χ4v) is 1.14. The second-order valence-corrected chi connectivity index (χ2v) is 2.63. The van der Waals surface area contributed by atoms with Gasteiger partial charge in [0, 0.05) is 0 Å². The average molecular weight is 191 g/mol. The van der Waals surface area contributed by atoms with Gasteiger partial charge in [-0.15, -0.1) is 0 Å². The summed E-state index contributed by atoms with van der Waals surface area (Å²) in [7, 11) is 0. The molecule has 0 bridgehead atoms. The van der Waals surface area contributed by atoms with Crippen LogP contribution in [0.15, 0.2) is 4.99 Å². The number of aliphatic imine (C=N–C) groups is 1. The van der Waals surface area contributed by atoms with Gasteiger partial charge >= 0.3 is 0 Å². The quantitative estimate of drug-likeness (QED) is 0.366. The van der Waals surface area contributed by atoms with Gasteiger partial charge in [-0.2, -0.15) is 4.99 Å². The molecule has 1 aliphatic rings. The second-order valence-electron chi connectivity index (χ2n) is 2.45. The number of hydrogen-bond donors (Lipinski definition) is 3. The summed E-state index contributed by atoms with van der Waals surface area (Å²) in [5.41, 5.74) is 0. The maximum absolute atomic E-state index is 9.22. The highest BCUT2D eigenvalue weighted by Crippen LogP contribution is 2.21. The summed E-state index contributed by atoms with van der Waals surface area (Å²) in [6.45, 7) is -0.359. The molecule has 0 radical (unpaired) electrons. The van der Waals surface area contributed by atoms with Crippen LogP contribution in [0.25, 0.3) is 0 Å². The number of nitrogens with zero attached hydrogens (tertiary/aromatic N) is 1. The molecular formula is C6H9NO4S. The molecule has 0 aliphatic carbocycles. The third kappa shape index (κ3) is 1.69. The number of hydrogen-bond acceptors (Lipinski definition) is 6. The van der Waals surface area contributed by atoms with Crippen molar-refractivity contribution in [1.29, 1.82) is 0 Å². The first-order chi connectivity index (χ1) is 5.70. The van der Waals surface area contributed by atoms with E-state index in [2.05, 4.69) is 17.2 Å². The number of rotatable bonds is 2. The van der Waals surface area contributed by atoms with Gasteiger partial charge in [0.1, 0.15) is 18.3 Å². The van der Waals surface area contributed by atoms with Crippen LogP contribution in [0.2, 0.25) is 0 Å². The van der Waals surface area contributed by atoms with Crippen molar-refractivity contribution in [2.75, 3.05) is 6.61 Å². The molecule has 1 aliphatic heterocycles. The zero-order chi connectivity index (χ0) is 9.14. The van der Waals surface area contributed by atoms with E-state index in [9.17, 15) is 10.2 Å². The van der Waals surface area contributed by atoms with Crippen molar-refractivity contribution in [3.63, 3.8) is 0 Å². The number of aliphatic hydroxyl groups is 3. The Morgan fingerprint density at radius 2 is 2.08 bits per heavy atom. The zero-order valence-corrected chi connectivity index (χ0v) is 6.94. The van der Waals surface area contributed by atoms with Crippen LogP contribution in [0, 0.1) is 0 Å². The molecule has 4 atom stereocenters. The van der Waals surface area contributed by atoms with Crippen LogP contribution in [-0.2, 0) is 4.74 Å².